The van der Waals surface area contributed by atoms with Crippen LogP contribution in [0.25, 0.3) is 0 Å². The van der Waals surface area contributed by atoms with E-state index in [1.807, 2.05) is 13.0 Å². The highest BCUT2D eigenvalue weighted by molar-refractivity contribution is 5.87. The van der Waals surface area contributed by atoms with Crippen LogP contribution in [0.4, 0.5) is 4.39 Å². The number of carbonyl (C=O) groups excluding carboxylic acids is 1. The molecule has 120 valence electrons. The molecule has 0 heterocycles. The third-order valence-electron chi connectivity index (χ3n) is 4.30. The normalized spacial score (nSPS) is 15.9. The molecule has 0 atom stereocenters. The molecule has 1 aliphatic carbocycles. The molecule has 1 aliphatic rings. The topological polar surface area (TPSA) is 57.6 Å². The van der Waals surface area contributed by atoms with Gasteiger partial charge in [-0.25, -0.2) is 4.39 Å². The minimum absolute atomic E-state index is 0.104. The second kappa shape index (κ2) is 6.90. The van der Waals surface area contributed by atoms with E-state index in [0.717, 1.165) is 31.2 Å². The van der Waals surface area contributed by atoms with Gasteiger partial charge in [-0.15, -0.1) is 0 Å². The minimum atomic E-state index is -0.998. The summed E-state index contributed by atoms with van der Waals surface area (Å²) in [7, 11) is 0. The Morgan fingerprint density at radius 2 is 2.09 bits per heavy atom. The van der Waals surface area contributed by atoms with Crippen molar-refractivity contribution in [1.82, 2.24) is 4.90 Å². The molecule has 22 heavy (non-hydrogen) atoms. The van der Waals surface area contributed by atoms with Crippen molar-refractivity contribution in [1.29, 1.82) is 0 Å². The van der Waals surface area contributed by atoms with Gasteiger partial charge in [-0.2, -0.15) is 0 Å². The molecular weight excluding hydrogens is 285 g/mol. The second-order valence-corrected chi connectivity index (χ2v) is 6.06. The highest BCUT2D eigenvalue weighted by atomic mass is 19.1. The van der Waals surface area contributed by atoms with Gasteiger partial charge in [0, 0.05) is 6.54 Å². The summed E-state index contributed by atoms with van der Waals surface area (Å²) in [5, 5.41) is 9.00. The van der Waals surface area contributed by atoms with E-state index >= 15 is 0 Å². The highest BCUT2D eigenvalue weighted by Gasteiger charge is 2.46. The molecule has 1 fully saturated rings. The predicted molar refractivity (Wildman–Crippen MR) is 80.9 cm³/mol. The maximum absolute atomic E-state index is 13.3. The van der Waals surface area contributed by atoms with Crippen molar-refractivity contribution in [2.75, 3.05) is 13.1 Å². The Kier molecular flexibility index (Phi) is 5.16. The predicted octanol–water partition coefficient (Wildman–Crippen LogP) is 2.86. The number of rotatable bonds is 7. The summed E-state index contributed by atoms with van der Waals surface area (Å²) in [6.07, 6.45) is 3.62. The average Bonchev–Trinajstić information content (AvgIpc) is 2.41. The fourth-order valence-corrected chi connectivity index (χ4v) is 3.13. The van der Waals surface area contributed by atoms with Crippen LogP contribution in [0, 0.1) is 11.2 Å². The fourth-order valence-electron chi connectivity index (χ4n) is 3.13. The van der Waals surface area contributed by atoms with Crippen molar-refractivity contribution in [3.63, 3.8) is 0 Å². The van der Waals surface area contributed by atoms with E-state index in [1.54, 1.807) is 6.07 Å². The fraction of sp³-hybridized carbons (Fsp3) is 0.529. The van der Waals surface area contributed by atoms with Gasteiger partial charge >= 0.3 is 5.97 Å². The minimum Gasteiger partial charge on any atom is -0.480 e. The lowest BCUT2D eigenvalue weighted by Crippen LogP contribution is -2.50. The van der Waals surface area contributed by atoms with Crippen LogP contribution in [-0.4, -0.2) is 35.0 Å². The number of carbonyl (C=O) groups is 2. The maximum Gasteiger partial charge on any atom is 0.323 e. The molecule has 1 aromatic rings. The van der Waals surface area contributed by atoms with Gasteiger partial charge in [0.05, 0.1) is 5.41 Å². The van der Waals surface area contributed by atoms with Gasteiger partial charge in [0.2, 0.25) is 5.91 Å². The molecule has 1 saturated carbocycles. The summed E-state index contributed by atoms with van der Waals surface area (Å²) in [4.78, 5) is 25.2. The van der Waals surface area contributed by atoms with Crippen molar-refractivity contribution in [3.8, 4) is 0 Å². The van der Waals surface area contributed by atoms with E-state index in [9.17, 15) is 14.0 Å². The van der Waals surface area contributed by atoms with Crippen LogP contribution < -0.4 is 0 Å². The van der Waals surface area contributed by atoms with Crippen LogP contribution in [0.15, 0.2) is 24.3 Å². The molecule has 0 radical (unpaired) electrons. The maximum atomic E-state index is 13.3. The first-order chi connectivity index (χ1) is 10.5. The molecule has 1 N–H and O–H groups in total. The quantitative estimate of drug-likeness (QED) is 0.842. The molecule has 2 rings (SSSR count). The summed E-state index contributed by atoms with van der Waals surface area (Å²) >= 11 is 0. The molecule has 0 unspecified atom stereocenters. The monoisotopic (exact) mass is 307 g/mol. The summed E-state index contributed by atoms with van der Waals surface area (Å²) in [5.74, 6) is -1.41. The van der Waals surface area contributed by atoms with Gasteiger partial charge in [0.15, 0.2) is 0 Å². The van der Waals surface area contributed by atoms with Crippen molar-refractivity contribution in [2.45, 2.75) is 39.0 Å². The molecule has 5 heteroatoms. The van der Waals surface area contributed by atoms with E-state index in [2.05, 4.69) is 0 Å². The largest absolute Gasteiger partial charge is 0.480 e. The molecule has 1 aromatic carbocycles. The molecule has 0 aromatic heterocycles. The van der Waals surface area contributed by atoms with Crippen molar-refractivity contribution in [3.05, 3.63) is 35.6 Å². The smallest absolute Gasteiger partial charge is 0.323 e. The molecule has 0 bridgehead atoms. The molecule has 0 aliphatic heterocycles. The number of amides is 1. The molecule has 0 spiro atoms. The lowest BCUT2D eigenvalue weighted by atomic mass is 9.64. The Bertz CT molecular complexity index is 555. The van der Waals surface area contributed by atoms with Gasteiger partial charge in [0.25, 0.3) is 0 Å². The van der Waals surface area contributed by atoms with Crippen LogP contribution in [0.1, 0.15) is 38.2 Å². The molecule has 0 saturated heterocycles. The van der Waals surface area contributed by atoms with Crippen molar-refractivity contribution >= 4 is 11.9 Å². The lowest BCUT2D eigenvalue weighted by Gasteiger charge is -2.43. The van der Waals surface area contributed by atoms with E-state index in [-0.39, 0.29) is 18.3 Å². The summed E-state index contributed by atoms with van der Waals surface area (Å²) in [6, 6.07) is 6.29. The van der Waals surface area contributed by atoms with Gasteiger partial charge < -0.3 is 10.0 Å². The summed E-state index contributed by atoms with van der Waals surface area (Å²) in [6.45, 7) is 2.09. The number of carboxylic acids is 1. The Morgan fingerprint density at radius 1 is 1.36 bits per heavy atom. The Balaban J connectivity index is 2.17. The number of nitrogens with zero attached hydrogens (tertiary/aromatic N) is 1. The van der Waals surface area contributed by atoms with Crippen LogP contribution in [-0.2, 0) is 16.0 Å². The first-order valence-corrected chi connectivity index (χ1v) is 7.72. The Labute approximate surface area is 129 Å². The SMILES string of the molecule is CCCN(CC(=O)O)C(=O)C1(Cc2cccc(F)c2)CCC1. The zero-order chi connectivity index (χ0) is 16.2. The number of halogens is 1. The van der Waals surface area contributed by atoms with Crippen LogP contribution >= 0.6 is 0 Å². The van der Waals surface area contributed by atoms with Crippen molar-refractivity contribution < 1.29 is 19.1 Å². The van der Waals surface area contributed by atoms with Gasteiger partial charge in [0.1, 0.15) is 12.4 Å². The summed E-state index contributed by atoms with van der Waals surface area (Å²) < 4.78 is 13.3. The van der Waals surface area contributed by atoms with Crippen molar-refractivity contribution in [2.24, 2.45) is 5.41 Å². The Morgan fingerprint density at radius 3 is 2.59 bits per heavy atom. The third kappa shape index (κ3) is 3.64. The lowest BCUT2D eigenvalue weighted by molar-refractivity contribution is -0.153. The number of hydrogen-bond donors (Lipinski definition) is 1. The van der Waals surface area contributed by atoms with E-state index in [0.29, 0.717) is 13.0 Å². The van der Waals surface area contributed by atoms with Crippen LogP contribution in [0.2, 0.25) is 0 Å². The van der Waals surface area contributed by atoms with E-state index in [1.165, 1.54) is 17.0 Å². The molecular formula is C17H22FNO3. The second-order valence-electron chi connectivity index (χ2n) is 6.06. The van der Waals surface area contributed by atoms with Crippen LogP contribution in [0.5, 0.6) is 0 Å². The first-order valence-electron chi connectivity index (χ1n) is 7.72. The third-order valence-corrected chi connectivity index (χ3v) is 4.30. The number of aliphatic carboxylic acids is 1. The summed E-state index contributed by atoms with van der Waals surface area (Å²) in [5.41, 5.74) is 0.234. The van der Waals surface area contributed by atoms with Gasteiger partial charge in [-0.05, 0) is 43.4 Å². The van der Waals surface area contributed by atoms with E-state index < -0.39 is 11.4 Å². The zero-order valence-electron chi connectivity index (χ0n) is 12.8. The average molecular weight is 307 g/mol. The molecule has 1 amide bonds. The van der Waals surface area contributed by atoms with Crippen LogP contribution in [0.3, 0.4) is 0 Å². The highest BCUT2D eigenvalue weighted by Crippen LogP contribution is 2.45. The molecule has 4 nitrogen and oxygen atoms in total. The Hall–Kier alpha value is -1.91. The zero-order valence-corrected chi connectivity index (χ0v) is 12.8. The standard InChI is InChI=1S/C17H22FNO3/c1-2-9-19(12-15(20)21)16(22)17(7-4-8-17)11-13-5-3-6-14(18)10-13/h3,5-6,10H,2,4,7-9,11-12H2,1H3,(H,20,21). The number of carboxylic acid groups (broad SMARTS) is 1. The number of hydrogen-bond acceptors (Lipinski definition) is 2. The first kappa shape index (κ1) is 16.5. The number of benzene rings is 1. The van der Waals surface area contributed by atoms with E-state index in [4.69, 9.17) is 5.11 Å². The van der Waals surface area contributed by atoms with Gasteiger partial charge in [-0.3, -0.25) is 9.59 Å². The van der Waals surface area contributed by atoms with Gasteiger partial charge in [-0.1, -0.05) is 25.5 Å².